The van der Waals surface area contributed by atoms with Crippen molar-refractivity contribution in [3.05, 3.63) is 28.8 Å². The summed E-state index contributed by atoms with van der Waals surface area (Å²) in [5, 5.41) is -0.283. The normalized spacial score (nSPS) is 10.7. The fourth-order valence-electron chi connectivity index (χ4n) is 0.935. The van der Waals surface area contributed by atoms with Gasteiger partial charge in [-0.2, -0.15) is 0 Å². The van der Waals surface area contributed by atoms with Crippen LogP contribution in [-0.4, -0.2) is 12.9 Å². The number of amides is 1. The van der Waals surface area contributed by atoms with Crippen LogP contribution in [0.1, 0.15) is 10.4 Å². The topological polar surface area (TPSA) is 43.1 Å². The molecule has 0 bridgehead atoms. The van der Waals surface area contributed by atoms with Gasteiger partial charge in [-0.15, -0.1) is 5.46 Å². The van der Waals surface area contributed by atoms with E-state index in [1.54, 1.807) is 0 Å². The van der Waals surface area contributed by atoms with Crippen molar-refractivity contribution in [2.75, 3.05) is 0 Å². The maximum Gasteiger partial charge on any atom is 1.00 e. The van der Waals surface area contributed by atoms with Gasteiger partial charge in [0, 0.05) is 0 Å². The number of hydrogen-bond acceptors (Lipinski definition) is 1. The molecule has 2 nitrogen and oxygen atoms in total. The van der Waals surface area contributed by atoms with Gasteiger partial charge < -0.3 is 18.7 Å². The summed E-state index contributed by atoms with van der Waals surface area (Å²) in [5.41, 5.74) is 3.91. The Morgan fingerprint density at radius 1 is 1.33 bits per heavy atom. The zero-order valence-corrected chi connectivity index (χ0v) is 11.7. The molecular weight excluding hydrogens is 256 g/mol. The van der Waals surface area contributed by atoms with Crippen molar-refractivity contribution in [1.82, 2.24) is 0 Å². The first kappa shape index (κ1) is 15.5. The third-order valence-electron chi connectivity index (χ3n) is 1.64. The van der Waals surface area contributed by atoms with E-state index in [0.29, 0.717) is 6.07 Å². The average molecular weight is 261 g/mol. The molecule has 0 aliphatic carbocycles. The molecule has 0 spiro atoms. The van der Waals surface area contributed by atoms with Crippen LogP contribution in [0.4, 0.5) is 12.9 Å². The number of halogens is 4. The summed E-state index contributed by atoms with van der Waals surface area (Å²) in [7, 11) is 0. The number of rotatable bonds is 2. The van der Waals surface area contributed by atoms with Crippen molar-refractivity contribution in [2.45, 2.75) is 0 Å². The maximum absolute atomic E-state index is 12.2. The summed E-state index contributed by atoms with van der Waals surface area (Å²) < 4.78 is 36.6. The van der Waals surface area contributed by atoms with E-state index in [1.807, 2.05) is 0 Å². The van der Waals surface area contributed by atoms with Crippen molar-refractivity contribution < 1.29 is 69.1 Å². The molecule has 1 aromatic rings. The number of carbonyl (C=O) groups is 1. The van der Waals surface area contributed by atoms with E-state index in [0.717, 1.165) is 12.1 Å². The molecule has 1 amide bonds. The minimum absolute atomic E-state index is 0. The Hall–Kier alpha value is 0.471. The summed E-state index contributed by atoms with van der Waals surface area (Å²) in [5.74, 6) is -0.851. The predicted molar refractivity (Wildman–Crippen MR) is 48.7 cm³/mol. The summed E-state index contributed by atoms with van der Waals surface area (Å²) in [6.45, 7) is -5.10. The summed E-state index contributed by atoms with van der Waals surface area (Å²) in [6.07, 6.45) is 0. The van der Waals surface area contributed by atoms with Gasteiger partial charge in [0.05, 0.1) is 10.6 Å². The summed E-state index contributed by atoms with van der Waals surface area (Å²) in [6, 6.07) is 2.45. The van der Waals surface area contributed by atoms with Crippen LogP contribution in [0, 0.1) is 0 Å². The SMILES string of the molecule is NC(=O)c1ccc([B-](F)(F)F)cc1Cl.[K+]. The first-order valence-electron chi connectivity index (χ1n) is 3.61. The quantitative estimate of drug-likeness (QED) is 0.647. The Bertz CT molecular complexity index is 385. The molecule has 76 valence electrons. The van der Waals surface area contributed by atoms with E-state index in [-0.39, 0.29) is 62.0 Å². The molecular formula is C7H5BClF3KNO. The van der Waals surface area contributed by atoms with Crippen LogP contribution in [-0.2, 0) is 0 Å². The van der Waals surface area contributed by atoms with E-state index in [2.05, 4.69) is 0 Å². The van der Waals surface area contributed by atoms with E-state index < -0.39 is 18.3 Å². The second-order valence-corrected chi connectivity index (χ2v) is 3.09. The van der Waals surface area contributed by atoms with Gasteiger partial charge in [-0.05, 0) is 0 Å². The van der Waals surface area contributed by atoms with Crippen LogP contribution in [0.2, 0.25) is 5.02 Å². The molecule has 0 saturated carbocycles. The molecule has 0 aromatic heterocycles. The molecule has 2 N–H and O–H groups in total. The Labute approximate surface area is 132 Å². The Morgan fingerprint density at radius 3 is 2.20 bits per heavy atom. The largest absolute Gasteiger partial charge is 1.00 e. The molecule has 1 rings (SSSR count). The first-order valence-corrected chi connectivity index (χ1v) is 3.99. The fraction of sp³-hybridized carbons (Fsp3) is 0. The van der Waals surface area contributed by atoms with Gasteiger partial charge in [0.15, 0.2) is 0 Å². The van der Waals surface area contributed by atoms with Gasteiger partial charge in [0.2, 0.25) is 5.91 Å². The monoisotopic (exact) mass is 261 g/mol. The molecule has 0 fully saturated rings. The van der Waals surface area contributed by atoms with Crippen LogP contribution in [0.25, 0.3) is 0 Å². The zero-order chi connectivity index (χ0) is 10.9. The van der Waals surface area contributed by atoms with Crippen molar-refractivity contribution >= 4 is 29.9 Å². The van der Waals surface area contributed by atoms with Gasteiger partial charge >= 0.3 is 58.4 Å². The molecule has 0 heterocycles. The second kappa shape index (κ2) is 5.70. The Kier molecular flexibility index (Phi) is 5.88. The van der Waals surface area contributed by atoms with Gasteiger partial charge in [0.25, 0.3) is 0 Å². The average Bonchev–Trinajstić information content (AvgIpc) is 2.01. The number of primary amides is 1. The van der Waals surface area contributed by atoms with Crippen LogP contribution >= 0.6 is 11.6 Å². The molecule has 0 aliphatic heterocycles. The van der Waals surface area contributed by atoms with Crippen LogP contribution < -0.4 is 62.6 Å². The van der Waals surface area contributed by atoms with Crippen LogP contribution in [0.5, 0.6) is 0 Å². The van der Waals surface area contributed by atoms with Crippen molar-refractivity contribution in [3.8, 4) is 0 Å². The van der Waals surface area contributed by atoms with E-state index in [1.165, 1.54) is 0 Å². The van der Waals surface area contributed by atoms with Gasteiger partial charge in [-0.3, -0.25) is 4.79 Å². The number of hydrogen-bond donors (Lipinski definition) is 1. The van der Waals surface area contributed by atoms with Crippen LogP contribution in [0.15, 0.2) is 18.2 Å². The number of nitrogens with two attached hydrogens (primary N) is 1. The van der Waals surface area contributed by atoms with Crippen molar-refractivity contribution in [3.63, 3.8) is 0 Å². The fourth-order valence-corrected chi connectivity index (χ4v) is 1.22. The molecule has 0 radical (unpaired) electrons. The maximum atomic E-state index is 12.2. The Balaban J connectivity index is 0.00000196. The van der Waals surface area contributed by atoms with E-state index >= 15 is 0 Å². The van der Waals surface area contributed by atoms with Gasteiger partial charge in [0.1, 0.15) is 0 Å². The molecule has 0 saturated heterocycles. The number of benzene rings is 1. The van der Waals surface area contributed by atoms with Gasteiger partial charge in [-0.1, -0.05) is 29.8 Å². The van der Waals surface area contributed by atoms with Crippen LogP contribution in [0.3, 0.4) is 0 Å². The van der Waals surface area contributed by atoms with Crippen molar-refractivity contribution in [2.24, 2.45) is 5.73 Å². The molecule has 0 aliphatic rings. The third-order valence-corrected chi connectivity index (χ3v) is 1.95. The molecule has 1 aromatic carbocycles. The van der Waals surface area contributed by atoms with Gasteiger partial charge in [-0.25, -0.2) is 0 Å². The van der Waals surface area contributed by atoms with Crippen molar-refractivity contribution in [1.29, 1.82) is 0 Å². The molecule has 0 atom stereocenters. The molecule has 8 heteroatoms. The predicted octanol–water partition coefficient (Wildman–Crippen LogP) is -1.50. The molecule has 0 unspecified atom stereocenters. The smallest absolute Gasteiger partial charge is 0.445 e. The summed E-state index contributed by atoms with van der Waals surface area (Å²) >= 11 is 5.44. The minimum Gasteiger partial charge on any atom is -0.445 e. The number of carbonyl (C=O) groups excluding carboxylic acids is 1. The minimum atomic E-state index is -5.10. The Morgan fingerprint density at radius 2 is 1.87 bits per heavy atom. The summed E-state index contributed by atoms with van der Waals surface area (Å²) in [4.78, 5) is 10.6. The van der Waals surface area contributed by atoms with E-state index in [9.17, 15) is 17.7 Å². The zero-order valence-electron chi connectivity index (χ0n) is 7.81. The third kappa shape index (κ3) is 4.09. The molecule has 15 heavy (non-hydrogen) atoms. The standard InChI is InChI=1S/C7H5BClF3NO.K/c9-6-3-4(8(10,11)12)1-2-5(6)7(13)14;/h1-3H,(H2,13,14);/q-1;+1. The van der Waals surface area contributed by atoms with E-state index in [4.69, 9.17) is 17.3 Å². The second-order valence-electron chi connectivity index (χ2n) is 2.68. The first-order chi connectivity index (χ1) is 6.32.